The number of aliphatic hydroxyl groups is 2. The zero-order chi connectivity index (χ0) is 52.9. The number of aliphatic hydroxyl groups excluding tert-OH is 2. The summed E-state index contributed by atoms with van der Waals surface area (Å²) < 4.78 is 5.49. The van der Waals surface area contributed by atoms with Gasteiger partial charge < -0.3 is 20.3 Å². The van der Waals surface area contributed by atoms with E-state index in [1.165, 1.54) is 315 Å². The highest BCUT2D eigenvalue weighted by Gasteiger charge is 2.18. The SMILES string of the molecule is CCCCCCCCCCCCCCCCCCCCCC/C=C/C(O)C(CO)NC(=O)CCCCCCCCCCCCCCCCCCCCCOC(=O)CCCCCCCCCCCCCCCCC. The average molecular weight is 1030 g/mol. The summed E-state index contributed by atoms with van der Waals surface area (Å²) in [6.45, 7) is 4.94. The van der Waals surface area contributed by atoms with Gasteiger partial charge in [-0.05, 0) is 32.1 Å². The first-order chi connectivity index (χ1) is 36.0. The fourth-order valence-corrected chi connectivity index (χ4v) is 10.7. The molecule has 0 aliphatic rings. The van der Waals surface area contributed by atoms with E-state index in [-0.39, 0.29) is 18.5 Å². The molecule has 1 amide bonds. The summed E-state index contributed by atoms with van der Waals surface area (Å²) >= 11 is 0. The number of allylic oxidation sites excluding steroid dienone is 1. The summed E-state index contributed by atoms with van der Waals surface area (Å²) in [4.78, 5) is 24.6. The van der Waals surface area contributed by atoms with E-state index in [0.717, 1.165) is 38.5 Å². The number of carbonyl (C=O) groups is 2. The lowest BCUT2D eigenvalue weighted by Crippen LogP contribution is -2.45. The third-order valence-electron chi connectivity index (χ3n) is 15.8. The molecule has 6 nitrogen and oxygen atoms in total. The van der Waals surface area contributed by atoms with Crippen molar-refractivity contribution in [1.29, 1.82) is 0 Å². The number of rotatable bonds is 63. The second kappa shape index (κ2) is 63.1. The van der Waals surface area contributed by atoms with E-state index in [1.54, 1.807) is 6.08 Å². The standard InChI is InChI=1S/C67H131NO5/c1-3-5-7-9-11-13-15-17-19-20-21-22-23-25-28-32-35-39-43-47-51-55-59-65(70)64(63-69)68-66(71)60-56-52-48-44-40-36-33-29-26-24-27-30-34-38-42-46-50-54-58-62-73-67(72)61-57-53-49-45-41-37-31-18-16-14-12-10-8-6-4-2/h55,59,64-65,69-70H,3-54,56-58,60-63H2,1-2H3,(H,68,71)/b59-55+. The minimum Gasteiger partial charge on any atom is -0.466 e. The number of carbonyl (C=O) groups excluding carboxylic acids is 2. The molecule has 3 N–H and O–H groups in total. The summed E-state index contributed by atoms with van der Waals surface area (Å²) in [5, 5.41) is 23.2. The third-order valence-corrected chi connectivity index (χ3v) is 15.8. The highest BCUT2D eigenvalue weighted by molar-refractivity contribution is 5.76. The smallest absolute Gasteiger partial charge is 0.305 e. The minimum atomic E-state index is -0.847. The fraction of sp³-hybridized carbons (Fsp3) is 0.940. The molecule has 0 aliphatic carbocycles. The molecule has 0 aromatic rings. The summed E-state index contributed by atoms with van der Waals surface area (Å²) in [5.41, 5.74) is 0. The van der Waals surface area contributed by atoms with E-state index in [4.69, 9.17) is 4.74 Å². The molecule has 0 saturated heterocycles. The van der Waals surface area contributed by atoms with E-state index < -0.39 is 12.1 Å². The second-order valence-electron chi connectivity index (χ2n) is 23.2. The first-order valence-electron chi connectivity index (χ1n) is 33.5. The molecule has 434 valence electrons. The van der Waals surface area contributed by atoms with Crippen LogP contribution >= 0.6 is 0 Å². The van der Waals surface area contributed by atoms with Crippen molar-refractivity contribution in [2.24, 2.45) is 0 Å². The van der Waals surface area contributed by atoms with Crippen molar-refractivity contribution < 1.29 is 24.5 Å². The maximum atomic E-state index is 12.5. The zero-order valence-corrected chi connectivity index (χ0v) is 49.6. The summed E-state index contributed by atoms with van der Waals surface area (Å²) in [6.07, 6.45) is 76.9. The van der Waals surface area contributed by atoms with Crippen molar-refractivity contribution in [1.82, 2.24) is 5.32 Å². The molecule has 0 rings (SSSR count). The quantitative estimate of drug-likeness (QED) is 0.0320. The first-order valence-corrected chi connectivity index (χ1v) is 33.5. The molecule has 0 fully saturated rings. The van der Waals surface area contributed by atoms with Gasteiger partial charge in [-0.25, -0.2) is 0 Å². The molecule has 0 aromatic heterocycles. The minimum absolute atomic E-state index is 0.0123. The monoisotopic (exact) mass is 1030 g/mol. The molecule has 0 bridgehead atoms. The summed E-state index contributed by atoms with van der Waals surface area (Å²) in [5.74, 6) is -0.0540. The third kappa shape index (κ3) is 59.7. The van der Waals surface area contributed by atoms with Crippen molar-refractivity contribution in [3.05, 3.63) is 12.2 Å². The van der Waals surface area contributed by atoms with Gasteiger partial charge in [0.15, 0.2) is 0 Å². The van der Waals surface area contributed by atoms with E-state index in [2.05, 4.69) is 19.2 Å². The van der Waals surface area contributed by atoms with Crippen LogP contribution in [0.4, 0.5) is 0 Å². The number of unbranched alkanes of at least 4 members (excludes halogenated alkanes) is 52. The van der Waals surface area contributed by atoms with Gasteiger partial charge in [-0.3, -0.25) is 9.59 Å². The second-order valence-corrected chi connectivity index (χ2v) is 23.2. The van der Waals surface area contributed by atoms with Crippen LogP contribution in [-0.2, 0) is 14.3 Å². The summed E-state index contributed by atoms with van der Waals surface area (Å²) in [6, 6.07) is -0.630. The topological polar surface area (TPSA) is 95.9 Å². The molecule has 6 heteroatoms. The number of hydrogen-bond donors (Lipinski definition) is 3. The van der Waals surface area contributed by atoms with E-state index in [0.29, 0.717) is 19.4 Å². The Balaban J connectivity index is 3.41. The first kappa shape index (κ1) is 71.6. The average Bonchev–Trinajstić information content (AvgIpc) is 3.39. The van der Waals surface area contributed by atoms with Crippen molar-refractivity contribution >= 4 is 11.9 Å². The van der Waals surface area contributed by atoms with Crippen LogP contribution in [0.15, 0.2) is 12.2 Å². The number of nitrogens with one attached hydrogen (secondary N) is 1. The Kier molecular flexibility index (Phi) is 61.9. The van der Waals surface area contributed by atoms with Gasteiger partial charge in [0.2, 0.25) is 5.91 Å². The van der Waals surface area contributed by atoms with Gasteiger partial charge >= 0.3 is 5.97 Å². The van der Waals surface area contributed by atoms with Crippen LogP contribution in [-0.4, -0.2) is 47.4 Å². The number of esters is 1. The molecule has 2 unspecified atom stereocenters. The van der Waals surface area contributed by atoms with Gasteiger partial charge in [0.05, 0.1) is 25.4 Å². The predicted molar refractivity (Wildman–Crippen MR) is 320 cm³/mol. The number of amides is 1. The maximum Gasteiger partial charge on any atom is 0.305 e. The molecule has 0 aromatic carbocycles. The van der Waals surface area contributed by atoms with Crippen LogP contribution in [0.25, 0.3) is 0 Å². The highest BCUT2D eigenvalue weighted by Crippen LogP contribution is 2.19. The largest absolute Gasteiger partial charge is 0.466 e. The maximum absolute atomic E-state index is 12.5. The lowest BCUT2D eigenvalue weighted by atomic mass is 10.0. The highest BCUT2D eigenvalue weighted by atomic mass is 16.5. The molecule has 0 heterocycles. The molecule has 2 atom stereocenters. The predicted octanol–water partition coefficient (Wildman–Crippen LogP) is 21.2. The normalized spacial score (nSPS) is 12.5. The van der Waals surface area contributed by atoms with Gasteiger partial charge in [0.25, 0.3) is 0 Å². The number of ether oxygens (including phenoxy) is 1. The van der Waals surface area contributed by atoms with Gasteiger partial charge in [-0.2, -0.15) is 0 Å². The Morgan fingerprint density at radius 1 is 0.370 bits per heavy atom. The van der Waals surface area contributed by atoms with Gasteiger partial charge in [0, 0.05) is 12.8 Å². The molecule has 0 saturated carbocycles. The van der Waals surface area contributed by atoms with E-state index >= 15 is 0 Å². The van der Waals surface area contributed by atoms with Crippen molar-refractivity contribution in [2.45, 2.75) is 392 Å². The Morgan fingerprint density at radius 2 is 0.630 bits per heavy atom. The molecule has 0 radical (unpaired) electrons. The number of hydrogen-bond acceptors (Lipinski definition) is 5. The Labute approximate surface area is 457 Å². The van der Waals surface area contributed by atoms with E-state index in [9.17, 15) is 19.8 Å². The zero-order valence-electron chi connectivity index (χ0n) is 49.6. The molecular weight excluding hydrogens is 899 g/mol. The van der Waals surface area contributed by atoms with Crippen molar-refractivity contribution in [3.8, 4) is 0 Å². The van der Waals surface area contributed by atoms with Crippen LogP contribution < -0.4 is 5.32 Å². The lowest BCUT2D eigenvalue weighted by molar-refractivity contribution is -0.143. The van der Waals surface area contributed by atoms with Crippen molar-refractivity contribution in [2.75, 3.05) is 13.2 Å². The molecule has 0 aliphatic heterocycles. The Morgan fingerprint density at radius 3 is 0.932 bits per heavy atom. The van der Waals surface area contributed by atoms with Crippen LogP contribution in [0.1, 0.15) is 380 Å². The molecule has 0 spiro atoms. The Hall–Kier alpha value is -1.40. The fourth-order valence-electron chi connectivity index (χ4n) is 10.7. The van der Waals surface area contributed by atoms with Gasteiger partial charge in [-0.15, -0.1) is 0 Å². The summed E-state index contributed by atoms with van der Waals surface area (Å²) in [7, 11) is 0. The van der Waals surface area contributed by atoms with Crippen LogP contribution in [0, 0.1) is 0 Å². The lowest BCUT2D eigenvalue weighted by Gasteiger charge is -2.20. The van der Waals surface area contributed by atoms with Crippen molar-refractivity contribution in [3.63, 3.8) is 0 Å². The Bertz CT molecular complexity index is 1100. The van der Waals surface area contributed by atoms with E-state index in [1.807, 2.05) is 6.08 Å². The molecule has 73 heavy (non-hydrogen) atoms. The van der Waals surface area contributed by atoms with Crippen LogP contribution in [0.3, 0.4) is 0 Å². The van der Waals surface area contributed by atoms with Gasteiger partial charge in [-0.1, -0.05) is 347 Å². The van der Waals surface area contributed by atoms with Gasteiger partial charge in [0.1, 0.15) is 0 Å². The molecular formula is C67H131NO5. The van der Waals surface area contributed by atoms with Crippen LogP contribution in [0.5, 0.6) is 0 Å². The van der Waals surface area contributed by atoms with Crippen LogP contribution in [0.2, 0.25) is 0 Å².